The van der Waals surface area contributed by atoms with Crippen LogP contribution in [0.4, 0.5) is 0 Å². The van der Waals surface area contributed by atoms with Gasteiger partial charge in [0.1, 0.15) is 0 Å². The number of ketones is 2. The molecular formula is C54H74N2O6. The van der Waals surface area contributed by atoms with Crippen LogP contribution in [0.5, 0.6) is 0 Å². The van der Waals surface area contributed by atoms with Gasteiger partial charge in [0.2, 0.25) is 0 Å². The van der Waals surface area contributed by atoms with Gasteiger partial charge in [-0.3, -0.25) is 19.4 Å². The summed E-state index contributed by atoms with van der Waals surface area (Å²) < 4.78 is 23.7. The van der Waals surface area contributed by atoms with Gasteiger partial charge in [0.05, 0.1) is 38.5 Å². The minimum absolute atomic E-state index is 0.0883. The third-order valence-electron chi connectivity index (χ3n) is 13.9. The molecule has 4 fully saturated rings. The molecular weight excluding hydrogens is 773 g/mol. The van der Waals surface area contributed by atoms with Gasteiger partial charge in [-0.1, -0.05) is 135 Å². The van der Waals surface area contributed by atoms with Crippen molar-refractivity contribution in [1.29, 1.82) is 0 Å². The maximum atomic E-state index is 13.6. The molecule has 8 heteroatoms. The normalized spacial score (nSPS) is 28.4. The van der Waals surface area contributed by atoms with Crippen molar-refractivity contribution in [3.63, 3.8) is 0 Å². The molecule has 4 saturated heterocycles. The highest BCUT2D eigenvalue weighted by atomic mass is 16.7. The molecule has 6 rings (SSSR count). The Morgan fingerprint density at radius 2 is 0.806 bits per heavy atom. The van der Waals surface area contributed by atoms with Crippen LogP contribution in [0.15, 0.2) is 130 Å². The van der Waals surface area contributed by atoms with Gasteiger partial charge < -0.3 is 18.9 Å². The Bertz CT molecular complexity index is 1870. The number of allylic oxidation sites excluding steroid dienone is 20. The molecule has 4 aliphatic heterocycles. The van der Waals surface area contributed by atoms with E-state index >= 15 is 0 Å². The smallest absolute Gasteiger partial charge is 0.175 e. The second kappa shape index (κ2) is 20.4. The third kappa shape index (κ3) is 11.7. The molecule has 2 unspecified atom stereocenters. The predicted molar refractivity (Wildman–Crippen MR) is 251 cm³/mol. The summed E-state index contributed by atoms with van der Waals surface area (Å²) in [5, 5.41) is 0. The molecule has 0 saturated carbocycles. The summed E-state index contributed by atoms with van der Waals surface area (Å²) in [6.45, 7) is 27.4. The number of carbonyl (C=O) groups is 2. The van der Waals surface area contributed by atoms with Crippen LogP contribution in [0.25, 0.3) is 0 Å². The average molecular weight is 847 g/mol. The molecule has 0 amide bonds. The van der Waals surface area contributed by atoms with Crippen LogP contribution in [-0.2, 0) is 28.5 Å². The van der Waals surface area contributed by atoms with Crippen LogP contribution in [-0.4, -0.2) is 97.6 Å². The summed E-state index contributed by atoms with van der Waals surface area (Å²) in [5.74, 6) is -0.360. The van der Waals surface area contributed by atoms with Gasteiger partial charge in [-0.25, -0.2) is 0 Å². The fourth-order valence-corrected chi connectivity index (χ4v) is 10.1. The zero-order valence-corrected chi connectivity index (χ0v) is 39.5. The lowest BCUT2D eigenvalue weighted by Crippen LogP contribution is -2.54. The van der Waals surface area contributed by atoms with E-state index in [0.29, 0.717) is 26.4 Å². The number of rotatable bonds is 12. The number of nitrogens with zero attached hydrogens (tertiary/aromatic N) is 2. The molecule has 8 nitrogen and oxygen atoms in total. The number of hydrogen-bond acceptors (Lipinski definition) is 8. The Morgan fingerprint density at radius 3 is 1.15 bits per heavy atom. The van der Waals surface area contributed by atoms with Crippen molar-refractivity contribution in [2.24, 2.45) is 10.8 Å². The Hall–Kier alpha value is -3.76. The molecule has 0 aromatic heterocycles. The van der Waals surface area contributed by atoms with Crippen molar-refractivity contribution >= 4 is 11.6 Å². The lowest BCUT2D eigenvalue weighted by atomic mass is 9.69. The van der Waals surface area contributed by atoms with Crippen molar-refractivity contribution in [3.05, 3.63) is 130 Å². The van der Waals surface area contributed by atoms with Crippen LogP contribution < -0.4 is 0 Å². The summed E-state index contributed by atoms with van der Waals surface area (Å²) in [4.78, 5) is 32.0. The van der Waals surface area contributed by atoms with Crippen LogP contribution in [0.3, 0.4) is 0 Å². The van der Waals surface area contributed by atoms with Crippen molar-refractivity contribution < 1.29 is 28.5 Å². The van der Waals surface area contributed by atoms with Gasteiger partial charge in [0.25, 0.3) is 0 Å². The maximum Gasteiger partial charge on any atom is 0.175 e. The SMILES string of the molecule is CC(C=CC=C(C)C=CC1=C(C)C(=O)C(N2CCC3(CC2)OCCO3)CC1(C)C)=CC=CC=C(C)C=CC=C(C)C=CC1=C(C)C(=O)C(N2CCC3(CC2)OCCO3)CC1(C)C. The number of hydrogen-bond donors (Lipinski definition) is 0. The average Bonchev–Trinajstić information content (AvgIpc) is 3.89. The van der Waals surface area contributed by atoms with E-state index in [1.807, 2.05) is 13.8 Å². The molecule has 336 valence electrons. The largest absolute Gasteiger partial charge is 0.347 e. The first-order valence-corrected chi connectivity index (χ1v) is 23.1. The molecule has 2 atom stereocenters. The number of ether oxygens (including phenoxy) is 4. The zero-order valence-electron chi connectivity index (χ0n) is 39.5. The van der Waals surface area contributed by atoms with E-state index in [9.17, 15) is 9.59 Å². The zero-order chi connectivity index (χ0) is 44.7. The molecule has 0 aromatic carbocycles. The van der Waals surface area contributed by atoms with E-state index in [0.717, 1.165) is 109 Å². The summed E-state index contributed by atoms with van der Waals surface area (Å²) >= 11 is 0. The van der Waals surface area contributed by atoms with Crippen molar-refractivity contribution in [3.8, 4) is 0 Å². The van der Waals surface area contributed by atoms with Gasteiger partial charge in [-0.2, -0.15) is 0 Å². The van der Waals surface area contributed by atoms with Gasteiger partial charge in [0.15, 0.2) is 23.1 Å². The first-order chi connectivity index (χ1) is 29.4. The Balaban J connectivity index is 0.962. The number of carbonyl (C=O) groups excluding carboxylic acids is 2. The lowest BCUT2D eigenvalue weighted by molar-refractivity contribution is -0.189. The molecule has 0 N–H and O–H groups in total. The quantitative estimate of drug-likeness (QED) is 0.180. The second-order valence-electron chi connectivity index (χ2n) is 19.7. The molecule has 4 heterocycles. The predicted octanol–water partition coefficient (Wildman–Crippen LogP) is 10.6. The van der Waals surface area contributed by atoms with E-state index < -0.39 is 11.6 Å². The van der Waals surface area contributed by atoms with E-state index in [2.05, 4.69) is 150 Å². The van der Waals surface area contributed by atoms with E-state index in [4.69, 9.17) is 18.9 Å². The van der Waals surface area contributed by atoms with Gasteiger partial charge in [-0.05, 0) is 87.5 Å². The molecule has 2 spiro atoms. The fourth-order valence-electron chi connectivity index (χ4n) is 10.1. The Labute approximate surface area is 373 Å². The van der Waals surface area contributed by atoms with Crippen molar-refractivity contribution in [2.45, 2.75) is 131 Å². The minimum atomic E-state index is -0.429. The summed E-state index contributed by atoms with van der Waals surface area (Å²) in [6, 6.07) is -0.177. The summed E-state index contributed by atoms with van der Waals surface area (Å²) in [7, 11) is 0. The van der Waals surface area contributed by atoms with Gasteiger partial charge in [-0.15, -0.1) is 0 Å². The number of piperidine rings is 2. The molecule has 0 bridgehead atoms. The number of likely N-dealkylation sites (tertiary alicyclic amines) is 2. The van der Waals surface area contributed by atoms with E-state index in [1.54, 1.807) is 0 Å². The maximum absolute atomic E-state index is 13.6. The second-order valence-corrected chi connectivity index (χ2v) is 19.7. The van der Waals surface area contributed by atoms with E-state index in [1.165, 1.54) is 0 Å². The van der Waals surface area contributed by atoms with Crippen LogP contribution in [0.2, 0.25) is 0 Å². The molecule has 2 aliphatic carbocycles. The molecule has 0 aromatic rings. The van der Waals surface area contributed by atoms with Crippen LogP contribution in [0.1, 0.15) is 108 Å². The van der Waals surface area contributed by atoms with Crippen molar-refractivity contribution in [1.82, 2.24) is 9.80 Å². The topological polar surface area (TPSA) is 77.5 Å². The highest BCUT2D eigenvalue weighted by Gasteiger charge is 2.47. The molecule has 6 aliphatic rings. The summed E-state index contributed by atoms with van der Waals surface area (Å²) in [5.41, 5.74) is 8.36. The fraction of sp³-hybridized carbons (Fsp3) is 0.556. The Kier molecular flexibility index (Phi) is 15.7. The van der Waals surface area contributed by atoms with Gasteiger partial charge in [0, 0.05) is 51.9 Å². The summed E-state index contributed by atoms with van der Waals surface area (Å²) in [6.07, 6.45) is 34.4. The number of Topliss-reactive ketones (excluding diaryl/α,β-unsaturated/α-hetero) is 2. The minimum Gasteiger partial charge on any atom is -0.347 e. The first-order valence-electron chi connectivity index (χ1n) is 23.1. The van der Waals surface area contributed by atoms with E-state index in [-0.39, 0.29) is 34.5 Å². The third-order valence-corrected chi connectivity index (χ3v) is 13.9. The standard InChI is InChI=1S/C54H74N2O6/c1-39(17-13-19-41(3)21-23-45-43(5)49(57)47(37-51(45,7)8)55-29-25-53(26-30-55)59-33-34-60-53)15-11-12-16-40(2)18-14-20-42(4)22-24-46-44(6)50(58)48(38-52(46,9)10)56-31-27-54(28-32-56)61-35-36-62-54/h11-24,47-48H,25-38H2,1-10H3. The van der Waals surface area contributed by atoms with Gasteiger partial charge >= 0.3 is 0 Å². The first kappa shape index (κ1) is 47.7. The highest BCUT2D eigenvalue weighted by Crippen LogP contribution is 2.44. The highest BCUT2D eigenvalue weighted by molar-refractivity contribution is 6.02. The molecule has 62 heavy (non-hydrogen) atoms. The lowest BCUT2D eigenvalue weighted by Gasteiger charge is -2.45. The van der Waals surface area contributed by atoms with Crippen LogP contribution in [0, 0.1) is 10.8 Å². The van der Waals surface area contributed by atoms with Crippen LogP contribution >= 0.6 is 0 Å². The molecule has 0 radical (unpaired) electrons. The Morgan fingerprint density at radius 1 is 0.500 bits per heavy atom. The monoisotopic (exact) mass is 847 g/mol. The van der Waals surface area contributed by atoms with Crippen molar-refractivity contribution in [2.75, 3.05) is 52.6 Å².